The highest BCUT2D eigenvalue weighted by Gasteiger charge is 2.28. The van der Waals surface area contributed by atoms with E-state index >= 15 is 0 Å². The highest BCUT2D eigenvalue weighted by molar-refractivity contribution is 7.11. The van der Waals surface area contributed by atoms with Crippen LogP contribution in [0.4, 0.5) is 0 Å². The lowest BCUT2D eigenvalue weighted by Gasteiger charge is -2.35. The molecule has 1 aromatic rings. The van der Waals surface area contributed by atoms with Gasteiger partial charge in [0.25, 0.3) is 0 Å². The number of rotatable bonds is 3. The summed E-state index contributed by atoms with van der Waals surface area (Å²) in [5.74, 6) is 0. The smallest absolute Gasteiger partial charge is 0.107 e. The van der Waals surface area contributed by atoms with Crippen LogP contribution in [0.2, 0.25) is 0 Å². The maximum absolute atomic E-state index is 5.70. The molecule has 90 valence electrons. The van der Waals surface area contributed by atoms with Crippen LogP contribution in [0.3, 0.4) is 0 Å². The Bertz CT molecular complexity index is 349. The van der Waals surface area contributed by atoms with Crippen LogP contribution in [0.5, 0.6) is 0 Å². The molecule has 2 rings (SSSR count). The molecule has 1 saturated heterocycles. The molecular formula is C12H20N2OS. The fourth-order valence-corrected chi connectivity index (χ4v) is 2.86. The van der Waals surface area contributed by atoms with E-state index in [1.807, 2.05) is 6.20 Å². The quantitative estimate of drug-likeness (QED) is 0.881. The molecule has 1 aromatic heterocycles. The van der Waals surface area contributed by atoms with Crippen LogP contribution >= 0.6 is 11.3 Å². The number of aryl methyl sites for hydroxylation is 1. The average molecular weight is 240 g/mol. The van der Waals surface area contributed by atoms with Crippen LogP contribution < -0.4 is 5.32 Å². The van der Waals surface area contributed by atoms with Crippen molar-refractivity contribution in [1.29, 1.82) is 0 Å². The van der Waals surface area contributed by atoms with E-state index in [9.17, 15) is 0 Å². The number of nitrogens with one attached hydrogen (secondary N) is 1. The van der Waals surface area contributed by atoms with Gasteiger partial charge in [-0.05, 0) is 33.6 Å². The van der Waals surface area contributed by atoms with Crippen LogP contribution in [0.15, 0.2) is 6.20 Å². The highest BCUT2D eigenvalue weighted by Crippen LogP contribution is 2.24. The summed E-state index contributed by atoms with van der Waals surface area (Å²) in [7, 11) is 0. The molecule has 0 saturated carbocycles. The van der Waals surface area contributed by atoms with Crippen molar-refractivity contribution in [2.75, 3.05) is 6.61 Å². The van der Waals surface area contributed by atoms with Crippen molar-refractivity contribution in [2.45, 2.75) is 51.8 Å². The van der Waals surface area contributed by atoms with Gasteiger partial charge >= 0.3 is 0 Å². The third kappa shape index (κ3) is 3.27. The molecule has 1 aliphatic heterocycles. The predicted molar refractivity (Wildman–Crippen MR) is 66.7 cm³/mol. The van der Waals surface area contributed by atoms with Crippen LogP contribution in [0.1, 0.15) is 36.6 Å². The molecule has 0 aromatic carbocycles. The van der Waals surface area contributed by atoms with Crippen LogP contribution in [0.25, 0.3) is 0 Å². The third-order valence-electron chi connectivity index (χ3n) is 2.91. The maximum atomic E-state index is 5.70. The van der Waals surface area contributed by atoms with Gasteiger partial charge in [0.2, 0.25) is 0 Å². The number of aromatic nitrogens is 1. The molecular weight excluding hydrogens is 220 g/mol. The molecule has 1 unspecified atom stereocenters. The van der Waals surface area contributed by atoms with Gasteiger partial charge in [-0.25, -0.2) is 4.98 Å². The van der Waals surface area contributed by atoms with Crippen molar-refractivity contribution in [3.63, 3.8) is 0 Å². The van der Waals surface area contributed by atoms with Gasteiger partial charge in [0.15, 0.2) is 0 Å². The van der Waals surface area contributed by atoms with E-state index < -0.39 is 0 Å². The maximum Gasteiger partial charge on any atom is 0.107 e. The van der Waals surface area contributed by atoms with Crippen LogP contribution in [0, 0.1) is 6.92 Å². The second kappa shape index (κ2) is 4.82. The number of hydrogen-bond donors (Lipinski definition) is 1. The SMILES string of the molecule is Cc1cnc(CNC2CCOC(C)(C)C2)s1. The van der Waals surface area contributed by atoms with E-state index in [2.05, 4.69) is 31.1 Å². The number of ether oxygens (including phenoxy) is 1. The molecule has 1 aliphatic rings. The molecule has 1 fully saturated rings. The molecule has 0 spiro atoms. The molecule has 0 aliphatic carbocycles. The number of nitrogens with zero attached hydrogens (tertiary/aromatic N) is 1. The lowest BCUT2D eigenvalue weighted by molar-refractivity contribution is -0.0630. The highest BCUT2D eigenvalue weighted by atomic mass is 32.1. The van der Waals surface area contributed by atoms with Crippen molar-refractivity contribution in [3.05, 3.63) is 16.1 Å². The summed E-state index contributed by atoms with van der Waals surface area (Å²) in [4.78, 5) is 5.64. The Kier molecular flexibility index (Phi) is 3.62. The Morgan fingerprint density at radius 1 is 1.62 bits per heavy atom. The van der Waals surface area contributed by atoms with Crippen LogP contribution in [-0.2, 0) is 11.3 Å². The van der Waals surface area contributed by atoms with Crippen molar-refractivity contribution in [2.24, 2.45) is 0 Å². The van der Waals surface area contributed by atoms with E-state index in [4.69, 9.17) is 4.74 Å². The Morgan fingerprint density at radius 2 is 2.44 bits per heavy atom. The number of hydrogen-bond acceptors (Lipinski definition) is 4. The van der Waals surface area contributed by atoms with Gasteiger partial charge in [0.05, 0.1) is 5.60 Å². The standard InChI is InChI=1S/C12H20N2OS/c1-9-7-14-11(16-9)8-13-10-4-5-15-12(2,3)6-10/h7,10,13H,4-6,8H2,1-3H3. The molecule has 0 radical (unpaired) electrons. The van der Waals surface area contributed by atoms with E-state index in [0.717, 1.165) is 26.0 Å². The summed E-state index contributed by atoms with van der Waals surface area (Å²) in [6.07, 6.45) is 4.13. The zero-order valence-corrected chi connectivity index (χ0v) is 11.1. The molecule has 4 heteroatoms. The van der Waals surface area contributed by atoms with Crippen LogP contribution in [-0.4, -0.2) is 23.2 Å². The summed E-state index contributed by atoms with van der Waals surface area (Å²) >= 11 is 1.77. The fourth-order valence-electron chi connectivity index (χ4n) is 2.12. The van der Waals surface area contributed by atoms with E-state index in [1.54, 1.807) is 11.3 Å². The molecule has 16 heavy (non-hydrogen) atoms. The number of thiazole rings is 1. The Morgan fingerprint density at radius 3 is 3.06 bits per heavy atom. The first-order chi connectivity index (χ1) is 7.55. The summed E-state index contributed by atoms with van der Waals surface area (Å²) in [5.41, 5.74) is 0.0225. The Hall–Kier alpha value is -0.450. The normalized spacial score (nSPS) is 24.6. The first kappa shape index (κ1) is 12.0. The summed E-state index contributed by atoms with van der Waals surface area (Å²) in [5, 5.41) is 4.76. The second-order valence-electron chi connectivity index (χ2n) is 5.04. The summed E-state index contributed by atoms with van der Waals surface area (Å²) in [6, 6.07) is 0.563. The molecule has 1 atom stereocenters. The average Bonchev–Trinajstić information content (AvgIpc) is 2.60. The van der Waals surface area contributed by atoms with Gasteiger partial charge in [-0.2, -0.15) is 0 Å². The Balaban J connectivity index is 1.82. The monoisotopic (exact) mass is 240 g/mol. The zero-order valence-electron chi connectivity index (χ0n) is 10.2. The minimum Gasteiger partial charge on any atom is -0.375 e. The lowest BCUT2D eigenvalue weighted by Crippen LogP contribution is -2.43. The molecule has 1 N–H and O–H groups in total. The lowest BCUT2D eigenvalue weighted by atomic mass is 9.94. The third-order valence-corrected chi connectivity index (χ3v) is 3.82. The summed E-state index contributed by atoms with van der Waals surface area (Å²) in [6.45, 7) is 8.17. The van der Waals surface area contributed by atoms with Gasteiger partial charge in [-0.3, -0.25) is 0 Å². The van der Waals surface area contributed by atoms with E-state index in [0.29, 0.717) is 6.04 Å². The summed E-state index contributed by atoms with van der Waals surface area (Å²) < 4.78 is 5.70. The van der Waals surface area contributed by atoms with Gasteiger partial charge in [-0.15, -0.1) is 11.3 Å². The largest absolute Gasteiger partial charge is 0.375 e. The Labute approximate surface area is 101 Å². The predicted octanol–water partition coefficient (Wildman–Crippen LogP) is 2.50. The molecule has 2 heterocycles. The molecule has 0 amide bonds. The minimum absolute atomic E-state index is 0.0225. The van der Waals surface area contributed by atoms with Crippen molar-refractivity contribution in [1.82, 2.24) is 10.3 Å². The first-order valence-electron chi connectivity index (χ1n) is 5.84. The van der Waals surface area contributed by atoms with Crippen molar-refractivity contribution >= 4 is 11.3 Å². The van der Waals surface area contributed by atoms with Gasteiger partial charge in [0.1, 0.15) is 5.01 Å². The van der Waals surface area contributed by atoms with Gasteiger partial charge < -0.3 is 10.1 Å². The molecule has 0 bridgehead atoms. The minimum atomic E-state index is 0.0225. The van der Waals surface area contributed by atoms with Crippen molar-refractivity contribution < 1.29 is 4.74 Å². The second-order valence-corrected chi connectivity index (χ2v) is 6.36. The fraction of sp³-hybridized carbons (Fsp3) is 0.750. The van der Waals surface area contributed by atoms with Crippen molar-refractivity contribution in [3.8, 4) is 0 Å². The topological polar surface area (TPSA) is 34.2 Å². The molecule has 3 nitrogen and oxygen atoms in total. The van der Waals surface area contributed by atoms with Gasteiger partial charge in [-0.1, -0.05) is 0 Å². The zero-order chi connectivity index (χ0) is 11.6. The first-order valence-corrected chi connectivity index (χ1v) is 6.65. The van der Waals surface area contributed by atoms with E-state index in [-0.39, 0.29) is 5.60 Å². The van der Waals surface area contributed by atoms with Gasteiger partial charge in [0, 0.05) is 30.3 Å². The van der Waals surface area contributed by atoms with E-state index in [1.165, 1.54) is 9.88 Å².